The van der Waals surface area contributed by atoms with Gasteiger partial charge in [-0.25, -0.2) is 0 Å². The van der Waals surface area contributed by atoms with E-state index in [2.05, 4.69) is 0 Å². The molecule has 0 aliphatic heterocycles. The van der Waals surface area contributed by atoms with Crippen LogP contribution in [0.5, 0.6) is 0 Å². The normalized spacial score (nSPS) is 14.0. The molecule has 0 aliphatic carbocycles. The molecule has 15 heavy (non-hydrogen) atoms. The second-order valence-electron chi connectivity index (χ2n) is 3.63. The zero-order chi connectivity index (χ0) is 11.6. The summed E-state index contributed by atoms with van der Waals surface area (Å²) in [5.74, 6) is 0. The second kappa shape index (κ2) is 4.44. The molecule has 1 aromatic rings. The van der Waals surface area contributed by atoms with Crippen LogP contribution in [0, 0.1) is 13.8 Å². The maximum absolute atomic E-state index is 12.1. The summed E-state index contributed by atoms with van der Waals surface area (Å²) in [5, 5.41) is -0.996. The van der Waals surface area contributed by atoms with Gasteiger partial charge in [0.25, 0.3) is 0 Å². The molecular formula is C11H12ClF3. The van der Waals surface area contributed by atoms with Crippen LogP contribution in [0.4, 0.5) is 13.2 Å². The molecule has 1 unspecified atom stereocenters. The zero-order valence-corrected chi connectivity index (χ0v) is 9.28. The molecule has 0 aliphatic rings. The van der Waals surface area contributed by atoms with E-state index >= 15 is 0 Å². The van der Waals surface area contributed by atoms with Gasteiger partial charge in [-0.3, -0.25) is 0 Å². The first-order valence-corrected chi connectivity index (χ1v) is 5.01. The van der Waals surface area contributed by atoms with Gasteiger partial charge in [0, 0.05) is 0 Å². The van der Waals surface area contributed by atoms with Gasteiger partial charge in [-0.2, -0.15) is 13.2 Å². The summed E-state index contributed by atoms with van der Waals surface area (Å²) in [6.07, 6.45) is -5.21. The Morgan fingerprint density at radius 1 is 1.20 bits per heavy atom. The molecule has 0 nitrogen and oxygen atoms in total. The number of halogens is 4. The number of hydrogen-bond acceptors (Lipinski definition) is 0. The molecule has 1 rings (SSSR count). The highest BCUT2D eigenvalue weighted by atomic mass is 35.5. The summed E-state index contributed by atoms with van der Waals surface area (Å²) >= 11 is 5.70. The van der Waals surface area contributed by atoms with Crippen LogP contribution in [0.1, 0.15) is 28.5 Å². The lowest BCUT2D eigenvalue weighted by atomic mass is 10.0. The van der Waals surface area contributed by atoms with Gasteiger partial charge in [0.2, 0.25) is 0 Å². The van der Waals surface area contributed by atoms with Crippen LogP contribution >= 0.6 is 11.6 Å². The van der Waals surface area contributed by atoms with Crippen molar-refractivity contribution < 1.29 is 13.2 Å². The Bertz CT molecular complexity index is 344. The molecule has 4 heteroatoms. The molecule has 0 heterocycles. The van der Waals surface area contributed by atoms with E-state index in [1.54, 1.807) is 18.2 Å². The first kappa shape index (κ1) is 12.4. The Morgan fingerprint density at radius 2 is 1.80 bits per heavy atom. The van der Waals surface area contributed by atoms with E-state index in [4.69, 9.17) is 11.6 Å². The highest BCUT2D eigenvalue weighted by Crippen LogP contribution is 2.34. The summed E-state index contributed by atoms with van der Waals surface area (Å²) in [7, 11) is 0. The number of alkyl halides is 4. The standard InChI is InChI=1S/C11H12ClF3/c1-7-3-4-9(5-8(7)2)10(12)6-11(13,14)15/h3-5,10H,6H2,1-2H3. The lowest BCUT2D eigenvalue weighted by Gasteiger charge is -2.13. The van der Waals surface area contributed by atoms with Gasteiger partial charge in [0.05, 0.1) is 11.8 Å². The zero-order valence-electron chi connectivity index (χ0n) is 8.53. The maximum atomic E-state index is 12.1. The van der Waals surface area contributed by atoms with Crippen molar-refractivity contribution in [2.45, 2.75) is 31.8 Å². The molecule has 0 bridgehead atoms. The fourth-order valence-electron chi connectivity index (χ4n) is 1.28. The fourth-order valence-corrected chi connectivity index (χ4v) is 1.59. The van der Waals surface area contributed by atoms with Crippen LogP contribution in [0.3, 0.4) is 0 Å². The van der Waals surface area contributed by atoms with E-state index in [9.17, 15) is 13.2 Å². The molecular weight excluding hydrogens is 225 g/mol. The predicted octanol–water partition coefficient (Wildman–Crippen LogP) is 4.54. The first-order chi connectivity index (χ1) is 6.79. The number of aryl methyl sites for hydroxylation is 2. The quantitative estimate of drug-likeness (QED) is 0.662. The summed E-state index contributed by atoms with van der Waals surface area (Å²) in [6.45, 7) is 3.77. The number of rotatable bonds is 2. The van der Waals surface area contributed by atoms with E-state index in [1.807, 2.05) is 13.8 Å². The Labute approximate surface area is 92.1 Å². The maximum Gasteiger partial charge on any atom is 0.390 e. The fraction of sp³-hybridized carbons (Fsp3) is 0.455. The van der Waals surface area contributed by atoms with Crippen LogP contribution in [0.15, 0.2) is 18.2 Å². The van der Waals surface area contributed by atoms with Crippen molar-refractivity contribution in [2.75, 3.05) is 0 Å². The minimum atomic E-state index is -4.22. The highest BCUT2D eigenvalue weighted by molar-refractivity contribution is 6.20. The van der Waals surface area contributed by atoms with Crippen molar-refractivity contribution in [3.8, 4) is 0 Å². The van der Waals surface area contributed by atoms with Crippen molar-refractivity contribution in [1.82, 2.24) is 0 Å². The Hall–Kier alpha value is -0.700. The minimum absolute atomic E-state index is 0.525. The lowest BCUT2D eigenvalue weighted by molar-refractivity contribution is -0.134. The van der Waals surface area contributed by atoms with Gasteiger partial charge in [-0.15, -0.1) is 11.6 Å². The van der Waals surface area contributed by atoms with Gasteiger partial charge in [0.15, 0.2) is 0 Å². The van der Waals surface area contributed by atoms with Gasteiger partial charge < -0.3 is 0 Å². The van der Waals surface area contributed by atoms with Gasteiger partial charge in [0.1, 0.15) is 0 Å². The molecule has 1 atom stereocenters. The van der Waals surface area contributed by atoms with Crippen LogP contribution in [0.25, 0.3) is 0 Å². The average molecular weight is 237 g/mol. The van der Waals surface area contributed by atoms with E-state index in [0.29, 0.717) is 5.56 Å². The third-order valence-electron chi connectivity index (χ3n) is 2.30. The Kier molecular flexibility index (Phi) is 3.66. The van der Waals surface area contributed by atoms with Crippen molar-refractivity contribution in [2.24, 2.45) is 0 Å². The van der Waals surface area contributed by atoms with Gasteiger partial charge >= 0.3 is 6.18 Å². The van der Waals surface area contributed by atoms with Crippen LogP contribution in [0.2, 0.25) is 0 Å². The number of hydrogen-bond donors (Lipinski definition) is 0. The van der Waals surface area contributed by atoms with Crippen molar-refractivity contribution >= 4 is 11.6 Å². The smallest absolute Gasteiger partial charge is 0.171 e. The molecule has 0 fully saturated rings. The molecule has 0 spiro atoms. The van der Waals surface area contributed by atoms with Crippen molar-refractivity contribution in [3.05, 3.63) is 34.9 Å². The third-order valence-corrected chi connectivity index (χ3v) is 2.71. The summed E-state index contributed by atoms with van der Waals surface area (Å²) in [4.78, 5) is 0. The molecule has 0 N–H and O–H groups in total. The lowest BCUT2D eigenvalue weighted by Crippen LogP contribution is -2.10. The molecule has 0 saturated carbocycles. The molecule has 84 valence electrons. The van der Waals surface area contributed by atoms with Gasteiger partial charge in [-0.1, -0.05) is 18.2 Å². The second-order valence-corrected chi connectivity index (χ2v) is 4.16. The highest BCUT2D eigenvalue weighted by Gasteiger charge is 2.31. The number of benzene rings is 1. The third kappa shape index (κ3) is 3.74. The topological polar surface area (TPSA) is 0 Å². The van der Waals surface area contributed by atoms with Crippen LogP contribution < -0.4 is 0 Å². The molecule has 0 amide bonds. The SMILES string of the molecule is Cc1ccc(C(Cl)CC(F)(F)F)cc1C. The molecule has 1 aromatic carbocycles. The van der Waals surface area contributed by atoms with Crippen molar-refractivity contribution in [3.63, 3.8) is 0 Å². The molecule has 0 saturated heterocycles. The van der Waals surface area contributed by atoms with Crippen molar-refractivity contribution in [1.29, 1.82) is 0 Å². The summed E-state index contributed by atoms with van der Waals surface area (Å²) in [6, 6.07) is 5.14. The molecule has 0 aromatic heterocycles. The summed E-state index contributed by atoms with van der Waals surface area (Å²) in [5.41, 5.74) is 2.53. The largest absolute Gasteiger partial charge is 0.390 e. The van der Waals surface area contributed by atoms with E-state index in [1.165, 1.54) is 0 Å². The van der Waals surface area contributed by atoms with Crippen LogP contribution in [-0.2, 0) is 0 Å². The molecule has 0 radical (unpaired) electrons. The summed E-state index contributed by atoms with van der Waals surface area (Å²) < 4.78 is 36.3. The van der Waals surface area contributed by atoms with E-state index in [0.717, 1.165) is 11.1 Å². The van der Waals surface area contributed by atoms with E-state index < -0.39 is 18.0 Å². The monoisotopic (exact) mass is 236 g/mol. The van der Waals surface area contributed by atoms with Crippen LogP contribution in [-0.4, -0.2) is 6.18 Å². The minimum Gasteiger partial charge on any atom is -0.171 e. The Balaban J connectivity index is 2.83. The first-order valence-electron chi connectivity index (χ1n) is 4.57. The predicted molar refractivity (Wildman–Crippen MR) is 55.2 cm³/mol. The Morgan fingerprint density at radius 3 is 2.27 bits per heavy atom. The van der Waals surface area contributed by atoms with E-state index in [-0.39, 0.29) is 0 Å². The van der Waals surface area contributed by atoms with Gasteiger partial charge in [-0.05, 0) is 30.5 Å². The average Bonchev–Trinajstić information content (AvgIpc) is 2.06.